The summed E-state index contributed by atoms with van der Waals surface area (Å²) in [5, 5.41) is 0.702. The Kier molecular flexibility index (Phi) is 4.35. The second-order valence-electron chi connectivity index (χ2n) is 3.76. The second kappa shape index (κ2) is 5.32. The SMILES string of the molecule is CCCCc1sc(N)nc1CN(C)C. The third-order valence-corrected chi connectivity index (χ3v) is 3.00. The average Bonchev–Trinajstić information content (AvgIpc) is 2.41. The van der Waals surface area contributed by atoms with Crippen LogP contribution >= 0.6 is 11.3 Å². The van der Waals surface area contributed by atoms with E-state index < -0.39 is 0 Å². The molecule has 0 spiro atoms. The molecule has 1 heterocycles. The Bertz CT molecular complexity index is 281. The van der Waals surface area contributed by atoms with Crippen molar-refractivity contribution in [3.05, 3.63) is 10.6 Å². The number of rotatable bonds is 5. The van der Waals surface area contributed by atoms with Gasteiger partial charge in [-0.1, -0.05) is 13.3 Å². The van der Waals surface area contributed by atoms with Crippen molar-refractivity contribution in [1.82, 2.24) is 9.88 Å². The van der Waals surface area contributed by atoms with Crippen LogP contribution in [0.5, 0.6) is 0 Å². The van der Waals surface area contributed by atoms with Gasteiger partial charge in [-0.3, -0.25) is 0 Å². The van der Waals surface area contributed by atoms with Crippen LogP contribution in [0.25, 0.3) is 0 Å². The highest BCUT2D eigenvalue weighted by atomic mass is 32.1. The summed E-state index contributed by atoms with van der Waals surface area (Å²) in [5.74, 6) is 0. The van der Waals surface area contributed by atoms with E-state index in [1.807, 2.05) is 0 Å². The second-order valence-corrected chi connectivity index (χ2v) is 4.88. The maximum atomic E-state index is 5.72. The van der Waals surface area contributed by atoms with Crippen molar-refractivity contribution in [3.63, 3.8) is 0 Å². The number of nitrogens with zero attached hydrogens (tertiary/aromatic N) is 2. The summed E-state index contributed by atoms with van der Waals surface area (Å²) in [5.41, 5.74) is 6.87. The molecule has 4 heteroatoms. The number of anilines is 1. The summed E-state index contributed by atoms with van der Waals surface area (Å²) in [7, 11) is 4.11. The van der Waals surface area contributed by atoms with Crippen molar-refractivity contribution in [2.24, 2.45) is 0 Å². The molecule has 0 radical (unpaired) electrons. The van der Waals surface area contributed by atoms with Crippen LogP contribution < -0.4 is 5.73 Å². The van der Waals surface area contributed by atoms with Crippen molar-refractivity contribution in [1.29, 1.82) is 0 Å². The third kappa shape index (κ3) is 3.27. The topological polar surface area (TPSA) is 42.1 Å². The number of thiazole rings is 1. The van der Waals surface area contributed by atoms with Gasteiger partial charge < -0.3 is 10.6 Å². The van der Waals surface area contributed by atoms with Crippen LogP contribution in [-0.2, 0) is 13.0 Å². The lowest BCUT2D eigenvalue weighted by Gasteiger charge is -2.08. The molecule has 0 bridgehead atoms. The van der Waals surface area contributed by atoms with Crippen molar-refractivity contribution in [2.45, 2.75) is 32.7 Å². The van der Waals surface area contributed by atoms with E-state index in [4.69, 9.17) is 5.73 Å². The number of hydrogen-bond acceptors (Lipinski definition) is 4. The fourth-order valence-corrected chi connectivity index (χ4v) is 2.24. The van der Waals surface area contributed by atoms with E-state index >= 15 is 0 Å². The molecule has 3 nitrogen and oxygen atoms in total. The summed E-state index contributed by atoms with van der Waals surface area (Å²) in [6.45, 7) is 3.10. The number of unbranched alkanes of at least 4 members (excludes halogenated alkanes) is 1. The molecule has 1 aromatic heterocycles. The quantitative estimate of drug-likeness (QED) is 0.814. The molecule has 14 heavy (non-hydrogen) atoms. The number of hydrogen-bond donors (Lipinski definition) is 1. The Morgan fingerprint density at radius 1 is 1.43 bits per heavy atom. The highest BCUT2D eigenvalue weighted by Crippen LogP contribution is 2.23. The Morgan fingerprint density at radius 3 is 2.71 bits per heavy atom. The molecule has 0 aliphatic carbocycles. The Balaban J connectivity index is 2.69. The van der Waals surface area contributed by atoms with Gasteiger partial charge in [0.25, 0.3) is 0 Å². The lowest BCUT2D eigenvalue weighted by atomic mass is 10.2. The zero-order valence-electron chi connectivity index (χ0n) is 9.21. The van der Waals surface area contributed by atoms with Gasteiger partial charge in [-0.25, -0.2) is 4.98 Å². The van der Waals surface area contributed by atoms with Crippen LogP contribution in [0.1, 0.15) is 30.3 Å². The van der Waals surface area contributed by atoms with Gasteiger partial charge >= 0.3 is 0 Å². The minimum absolute atomic E-state index is 0.702. The monoisotopic (exact) mass is 213 g/mol. The standard InChI is InChI=1S/C10H19N3S/c1-4-5-6-9-8(7-13(2)3)12-10(11)14-9/h4-7H2,1-3H3,(H2,11,12). The summed E-state index contributed by atoms with van der Waals surface area (Å²) >= 11 is 1.64. The molecule has 0 aliphatic heterocycles. The lowest BCUT2D eigenvalue weighted by Crippen LogP contribution is -2.12. The highest BCUT2D eigenvalue weighted by Gasteiger charge is 2.09. The van der Waals surface area contributed by atoms with E-state index in [0.29, 0.717) is 5.13 Å². The van der Waals surface area contributed by atoms with Gasteiger partial charge in [-0.05, 0) is 26.9 Å². The van der Waals surface area contributed by atoms with Crippen LogP contribution in [-0.4, -0.2) is 24.0 Å². The molecule has 0 atom stereocenters. The van der Waals surface area contributed by atoms with Gasteiger partial charge in [0.05, 0.1) is 5.69 Å². The Hall–Kier alpha value is -0.610. The number of nitrogens with two attached hydrogens (primary N) is 1. The fraction of sp³-hybridized carbons (Fsp3) is 0.700. The van der Waals surface area contributed by atoms with Crippen LogP contribution in [0.15, 0.2) is 0 Å². The van der Waals surface area contributed by atoms with E-state index in [-0.39, 0.29) is 0 Å². The molecule has 0 amide bonds. The van der Waals surface area contributed by atoms with Gasteiger partial charge in [0, 0.05) is 11.4 Å². The summed E-state index contributed by atoms with van der Waals surface area (Å²) in [4.78, 5) is 7.85. The summed E-state index contributed by atoms with van der Waals surface area (Å²) in [6.07, 6.45) is 3.57. The van der Waals surface area contributed by atoms with E-state index in [9.17, 15) is 0 Å². The van der Waals surface area contributed by atoms with Gasteiger partial charge in [0.2, 0.25) is 0 Å². The van der Waals surface area contributed by atoms with Crippen LogP contribution in [0.3, 0.4) is 0 Å². The van der Waals surface area contributed by atoms with Crippen molar-refractivity contribution in [2.75, 3.05) is 19.8 Å². The Labute approximate surface area is 89.9 Å². The first-order valence-electron chi connectivity index (χ1n) is 5.02. The molecule has 0 aliphatic rings. The molecular formula is C10H19N3S. The first-order valence-corrected chi connectivity index (χ1v) is 5.84. The van der Waals surface area contributed by atoms with Gasteiger partial charge in [-0.15, -0.1) is 11.3 Å². The van der Waals surface area contributed by atoms with Gasteiger partial charge in [-0.2, -0.15) is 0 Å². The van der Waals surface area contributed by atoms with E-state index in [1.165, 1.54) is 17.7 Å². The maximum Gasteiger partial charge on any atom is 0.180 e. The van der Waals surface area contributed by atoms with E-state index in [1.54, 1.807) is 11.3 Å². The molecule has 0 saturated carbocycles. The third-order valence-electron chi connectivity index (χ3n) is 2.02. The molecule has 0 fully saturated rings. The maximum absolute atomic E-state index is 5.72. The van der Waals surface area contributed by atoms with Crippen molar-refractivity contribution >= 4 is 16.5 Å². The number of nitrogen functional groups attached to an aromatic ring is 1. The molecule has 0 unspecified atom stereocenters. The van der Waals surface area contributed by atoms with Gasteiger partial charge in [0.15, 0.2) is 5.13 Å². The first-order chi connectivity index (χ1) is 6.63. The van der Waals surface area contributed by atoms with Crippen LogP contribution in [0.2, 0.25) is 0 Å². The minimum atomic E-state index is 0.702. The Morgan fingerprint density at radius 2 is 2.14 bits per heavy atom. The zero-order valence-corrected chi connectivity index (χ0v) is 10.0. The molecule has 80 valence electrons. The smallest absolute Gasteiger partial charge is 0.180 e. The summed E-state index contributed by atoms with van der Waals surface area (Å²) < 4.78 is 0. The van der Waals surface area contributed by atoms with E-state index in [2.05, 4.69) is 30.9 Å². The van der Waals surface area contributed by atoms with Crippen LogP contribution in [0, 0.1) is 0 Å². The largest absolute Gasteiger partial charge is 0.375 e. The molecular weight excluding hydrogens is 194 g/mol. The molecule has 0 aromatic carbocycles. The molecule has 2 N–H and O–H groups in total. The number of aryl methyl sites for hydroxylation is 1. The highest BCUT2D eigenvalue weighted by molar-refractivity contribution is 7.15. The predicted molar refractivity (Wildman–Crippen MR) is 62.5 cm³/mol. The summed E-state index contributed by atoms with van der Waals surface area (Å²) in [6, 6.07) is 0. The van der Waals surface area contributed by atoms with Crippen LogP contribution in [0.4, 0.5) is 5.13 Å². The number of aromatic nitrogens is 1. The lowest BCUT2D eigenvalue weighted by molar-refractivity contribution is 0.396. The predicted octanol–water partition coefficient (Wildman–Crippen LogP) is 2.13. The fourth-order valence-electron chi connectivity index (χ4n) is 1.36. The average molecular weight is 213 g/mol. The normalized spacial score (nSPS) is 11.1. The van der Waals surface area contributed by atoms with Crippen molar-refractivity contribution < 1.29 is 0 Å². The zero-order chi connectivity index (χ0) is 10.6. The van der Waals surface area contributed by atoms with E-state index in [0.717, 1.165) is 18.7 Å². The molecule has 1 aromatic rings. The minimum Gasteiger partial charge on any atom is -0.375 e. The van der Waals surface area contributed by atoms with Crippen molar-refractivity contribution in [3.8, 4) is 0 Å². The molecule has 0 saturated heterocycles. The van der Waals surface area contributed by atoms with Gasteiger partial charge in [0.1, 0.15) is 0 Å². The molecule has 1 rings (SSSR count). The first kappa shape index (κ1) is 11.5.